The lowest BCUT2D eigenvalue weighted by atomic mass is 10.1. The van der Waals surface area contributed by atoms with Gasteiger partial charge in [-0.1, -0.05) is 11.6 Å². The number of halogens is 1. The van der Waals surface area contributed by atoms with E-state index in [9.17, 15) is 9.90 Å². The molecule has 2 aliphatic rings. The molecule has 0 aliphatic carbocycles. The molecule has 4 heterocycles. The van der Waals surface area contributed by atoms with Crippen molar-refractivity contribution in [3.63, 3.8) is 0 Å². The molecule has 2 aromatic heterocycles. The molecule has 2 aliphatic heterocycles. The highest BCUT2D eigenvalue weighted by molar-refractivity contribution is 6.33. The first-order valence-corrected chi connectivity index (χ1v) is 11.0. The van der Waals surface area contributed by atoms with Crippen LogP contribution in [0.3, 0.4) is 0 Å². The Morgan fingerprint density at radius 1 is 1.24 bits per heavy atom. The van der Waals surface area contributed by atoms with Crippen LogP contribution < -0.4 is 14.8 Å². The lowest BCUT2D eigenvalue weighted by molar-refractivity contribution is -0.121. The zero-order valence-electron chi connectivity index (χ0n) is 17.8. The average molecular weight is 475 g/mol. The van der Waals surface area contributed by atoms with Crippen LogP contribution in [0.4, 0.5) is 0 Å². The molecule has 5 rings (SSSR count). The van der Waals surface area contributed by atoms with Crippen molar-refractivity contribution >= 4 is 28.7 Å². The highest BCUT2D eigenvalue weighted by Gasteiger charge is 2.48. The van der Waals surface area contributed by atoms with Crippen molar-refractivity contribution in [2.75, 3.05) is 26.9 Å². The molecular weight excluding hydrogens is 452 g/mol. The Hall–Kier alpha value is -2.92. The molecular formula is C22H23ClN4O6. The number of imidazole rings is 1. The van der Waals surface area contributed by atoms with Crippen LogP contribution in [0, 0.1) is 0 Å². The van der Waals surface area contributed by atoms with E-state index in [1.165, 1.54) is 0 Å². The number of ether oxygens (including phenoxy) is 4. The van der Waals surface area contributed by atoms with Gasteiger partial charge in [0.25, 0.3) is 6.01 Å². The number of fused-ring (bicyclic) bond motifs is 2. The average Bonchev–Trinajstić information content (AvgIpc) is 3.50. The van der Waals surface area contributed by atoms with Gasteiger partial charge in [0.1, 0.15) is 24.1 Å². The summed E-state index contributed by atoms with van der Waals surface area (Å²) in [6, 6.07) is 9.32. The maximum atomic E-state index is 11.3. The van der Waals surface area contributed by atoms with Crippen LogP contribution in [0.25, 0.3) is 22.4 Å². The lowest BCUT2D eigenvalue weighted by Crippen LogP contribution is -2.34. The second kappa shape index (κ2) is 9.14. The van der Waals surface area contributed by atoms with E-state index >= 15 is 0 Å². The van der Waals surface area contributed by atoms with Gasteiger partial charge in [0.05, 0.1) is 42.5 Å². The molecule has 2 fully saturated rings. The summed E-state index contributed by atoms with van der Waals surface area (Å²) in [5.74, 6) is 0.568. The second-order valence-electron chi connectivity index (χ2n) is 7.85. The van der Waals surface area contributed by atoms with Crippen LogP contribution in [-0.2, 0) is 14.3 Å². The first-order chi connectivity index (χ1) is 16.0. The molecule has 3 aromatic rings. The summed E-state index contributed by atoms with van der Waals surface area (Å²) in [4.78, 5) is 23.4. The van der Waals surface area contributed by atoms with E-state index in [2.05, 4.69) is 20.3 Å². The summed E-state index contributed by atoms with van der Waals surface area (Å²) in [6.07, 6.45) is -1.45. The summed E-state index contributed by atoms with van der Waals surface area (Å²) >= 11 is 6.49. The molecule has 0 spiro atoms. The second-order valence-corrected chi connectivity index (χ2v) is 8.25. The fourth-order valence-corrected chi connectivity index (χ4v) is 4.20. The number of hydrogen-bond donors (Lipinski definition) is 3. The van der Waals surface area contributed by atoms with Crippen LogP contribution in [-0.4, -0.2) is 77.2 Å². The zero-order valence-corrected chi connectivity index (χ0v) is 18.5. The zero-order chi connectivity index (χ0) is 22.9. The van der Waals surface area contributed by atoms with Crippen LogP contribution in [0.2, 0.25) is 5.02 Å². The van der Waals surface area contributed by atoms with Gasteiger partial charge in [0.2, 0.25) is 5.91 Å². The van der Waals surface area contributed by atoms with Crippen molar-refractivity contribution < 1.29 is 28.8 Å². The van der Waals surface area contributed by atoms with Crippen LogP contribution in [0.1, 0.15) is 6.42 Å². The van der Waals surface area contributed by atoms with E-state index in [-0.39, 0.29) is 49.9 Å². The molecule has 1 aromatic carbocycles. The molecule has 0 bridgehead atoms. The standard InChI is InChI=1S/C22H23ClN4O6/c1-24-17(29)6-7-30-12-4-2-11(3-5-12)18-13(23)8-14-21(26-18)27-22(25-14)33-16-10-32-19-15(28)9-31-20(16)19/h2-5,8,15-16,19-20,28H,6-7,9-10H2,1H3,(H,24,29)(H,25,26,27)/t15-,16-,19-,20-/m1/s1. The largest absolute Gasteiger partial charge is 0.493 e. The summed E-state index contributed by atoms with van der Waals surface area (Å²) < 4.78 is 22.7. The van der Waals surface area contributed by atoms with Gasteiger partial charge in [-0.05, 0) is 30.3 Å². The fourth-order valence-electron chi connectivity index (χ4n) is 3.94. The molecule has 174 valence electrons. The Morgan fingerprint density at radius 3 is 2.82 bits per heavy atom. The smallest absolute Gasteiger partial charge is 0.296 e. The number of benzene rings is 1. The predicted octanol–water partition coefficient (Wildman–Crippen LogP) is 1.70. The Kier molecular flexibility index (Phi) is 6.07. The summed E-state index contributed by atoms with van der Waals surface area (Å²) in [5, 5.41) is 12.9. The molecule has 0 unspecified atom stereocenters. The van der Waals surface area contributed by atoms with E-state index < -0.39 is 6.10 Å². The monoisotopic (exact) mass is 474 g/mol. The van der Waals surface area contributed by atoms with E-state index in [4.69, 9.17) is 30.5 Å². The Morgan fingerprint density at radius 2 is 2.03 bits per heavy atom. The number of aliphatic hydroxyl groups is 1. The van der Waals surface area contributed by atoms with Gasteiger partial charge in [-0.15, -0.1) is 0 Å². The van der Waals surface area contributed by atoms with Gasteiger partial charge in [-0.3, -0.25) is 4.79 Å². The van der Waals surface area contributed by atoms with Gasteiger partial charge < -0.3 is 34.4 Å². The number of aliphatic hydroxyl groups excluding tert-OH is 1. The molecule has 0 saturated carbocycles. The molecule has 4 atom stereocenters. The number of carbonyl (C=O) groups is 1. The number of aromatic amines is 1. The minimum atomic E-state index is -0.644. The normalized spacial score (nSPS) is 24.1. The third-order valence-corrected chi connectivity index (χ3v) is 5.94. The van der Waals surface area contributed by atoms with Gasteiger partial charge in [-0.2, -0.15) is 4.98 Å². The number of pyridine rings is 1. The number of hydrogen-bond acceptors (Lipinski definition) is 8. The molecule has 10 nitrogen and oxygen atoms in total. The summed E-state index contributed by atoms with van der Waals surface area (Å²) in [7, 11) is 1.59. The Labute approximate surface area is 194 Å². The molecule has 1 amide bonds. The molecule has 11 heteroatoms. The van der Waals surface area contributed by atoms with Crippen LogP contribution in [0.5, 0.6) is 11.8 Å². The number of nitrogens with one attached hydrogen (secondary N) is 2. The van der Waals surface area contributed by atoms with Crippen molar-refractivity contribution in [2.45, 2.75) is 30.8 Å². The first kappa shape index (κ1) is 21.9. The van der Waals surface area contributed by atoms with Crippen LogP contribution >= 0.6 is 11.6 Å². The fraction of sp³-hybridized carbons (Fsp3) is 0.409. The number of amides is 1. The molecule has 0 radical (unpaired) electrons. The van der Waals surface area contributed by atoms with Crippen molar-refractivity contribution in [2.24, 2.45) is 0 Å². The molecule has 2 saturated heterocycles. The lowest BCUT2D eigenvalue weighted by Gasteiger charge is -2.15. The highest BCUT2D eigenvalue weighted by atomic mass is 35.5. The van der Waals surface area contributed by atoms with Crippen molar-refractivity contribution in [3.8, 4) is 23.0 Å². The minimum Gasteiger partial charge on any atom is -0.493 e. The predicted molar refractivity (Wildman–Crippen MR) is 118 cm³/mol. The Bertz CT molecular complexity index is 1150. The highest BCUT2D eigenvalue weighted by Crippen LogP contribution is 2.32. The number of nitrogens with zero attached hydrogens (tertiary/aromatic N) is 2. The Balaban J connectivity index is 1.29. The first-order valence-electron chi connectivity index (χ1n) is 10.6. The van der Waals surface area contributed by atoms with Crippen LogP contribution in [0.15, 0.2) is 30.3 Å². The summed E-state index contributed by atoms with van der Waals surface area (Å²) in [6.45, 7) is 0.825. The minimum absolute atomic E-state index is 0.0770. The third-order valence-electron chi connectivity index (χ3n) is 5.65. The summed E-state index contributed by atoms with van der Waals surface area (Å²) in [5.41, 5.74) is 2.46. The number of aromatic nitrogens is 3. The van der Waals surface area contributed by atoms with Gasteiger partial charge in [-0.25, -0.2) is 4.98 Å². The van der Waals surface area contributed by atoms with Crippen molar-refractivity contribution in [1.29, 1.82) is 0 Å². The van der Waals surface area contributed by atoms with Gasteiger partial charge >= 0.3 is 0 Å². The maximum Gasteiger partial charge on any atom is 0.296 e. The topological polar surface area (TPSA) is 128 Å². The number of carbonyl (C=O) groups excluding carboxylic acids is 1. The number of rotatable bonds is 7. The van der Waals surface area contributed by atoms with E-state index in [0.717, 1.165) is 5.56 Å². The quantitative estimate of drug-likeness (QED) is 0.472. The van der Waals surface area contributed by atoms with Gasteiger partial charge in [0, 0.05) is 12.6 Å². The van der Waals surface area contributed by atoms with E-state index in [0.29, 0.717) is 34.2 Å². The third kappa shape index (κ3) is 4.47. The number of H-pyrrole nitrogens is 1. The molecule has 33 heavy (non-hydrogen) atoms. The van der Waals surface area contributed by atoms with E-state index in [1.807, 2.05) is 12.1 Å². The maximum absolute atomic E-state index is 11.3. The molecule has 3 N–H and O–H groups in total. The van der Waals surface area contributed by atoms with E-state index in [1.54, 1.807) is 25.2 Å². The SMILES string of the molecule is CNC(=O)CCOc1ccc(-c2nc3nc(O[C@@H]4CO[C@H]5[C@@H]4OC[C@H]5O)[nH]c3cc2Cl)cc1. The van der Waals surface area contributed by atoms with Crippen molar-refractivity contribution in [1.82, 2.24) is 20.3 Å². The van der Waals surface area contributed by atoms with Gasteiger partial charge in [0.15, 0.2) is 11.8 Å². The van der Waals surface area contributed by atoms with Crippen molar-refractivity contribution in [3.05, 3.63) is 35.4 Å².